The van der Waals surface area contributed by atoms with Crippen LogP contribution < -0.4 is 10.6 Å². The lowest BCUT2D eigenvalue weighted by molar-refractivity contribution is -0.384. The van der Waals surface area contributed by atoms with Crippen molar-refractivity contribution in [3.8, 4) is 0 Å². The van der Waals surface area contributed by atoms with E-state index in [9.17, 15) is 14.9 Å². The minimum absolute atomic E-state index is 0.0181. The number of morpholine rings is 1. The van der Waals surface area contributed by atoms with E-state index < -0.39 is 4.92 Å². The molecular formula is C19H22N4O4. The second-order valence-corrected chi connectivity index (χ2v) is 6.28. The number of ether oxygens (including phenoxy) is 1. The number of urea groups is 1. The molecule has 0 spiro atoms. The molecule has 8 nitrogen and oxygen atoms in total. The van der Waals surface area contributed by atoms with E-state index in [0.29, 0.717) is 25.4 Å². The van der Waals surface area contributed by atoms with Crippen LogP contribution in [0, 0.1) is 10.1 Å². The highest BCUT2D eigenvalue weighted by Crippen LogP contribution is 2.17. The van der Waals surface area contributed by atoms with E-state index in [1.807, 2.05) is 30.3 Å². The van der Waals surface area contributed by atoms with Crippen molar-refractivity contribution in [3.63, 3.8) is 0 Å². The molecule has 1 aliphatic heterocycles. The predicted molar refractivity (Wildman–Crippen MR) is 102 cm³/mol. The number of hydrogen-bond acceptors (Lipinski definition) is 5. The third kappa shape index (κ3) is 5.50. The van der Waals surface area contributed by atoms with E-state index in [1.165, 1.54) is 24.3 Å². The fraction of sp³-hybridized carbons (Fsp3) is 0.316. The Hall–Kier alpha value is -2.97. The Bertz CT molecular complexity index is 761. The first kappa shape index (κ1) is 18.8. The molecule has 2 N–H and O–H groups in total. The molecule has 0 aromatic heterocycles. The fourth-order valence-corrected chi connectivity index (χ4v) is 2.95. The van der Waals surface area contributed by atoms with Crippen LogP contribution in [0.15, 0.2) is 54.6 Å². The third-order valence-corrected chi connectivity index (χ3v) is 4.39. The summed E-state index contributed by atoms with van der Waals surface area (Å²) in [7, 11) is 0. The van der Waals surface area contributed by atoms with Crippen molar-refractivity contribution in [1.82, 2.24) is 10.2 Å². The number of nitrogens with zero attached hydrogens (tertiary/aromatic N) is 2. The molecule has 1 aliphatic rings. The Morgan fingerprint density at radius 1 is 1.11 bits per heavy atom. The first-order valence-electron chi connectivity index (χ1n) is 8.79. The summed E-state index contributed by atoms with van der Waals surface area (Å²) in [6.45, 7) is 3.72. The van der Waals surface area contributed by atoms with Gasteiger partial charge >= 0.3 is 6.03 Å². The number of carbonyl (C=O) groups is 1. The van der Waals surface area contributed by atoms with E-state index in [-0.39, 0.29) is 17.8 Å². The van der Waals surface area contributed by atoms with Crippen molar-refractivity contribution < 1.29 is 14.5 Å². The largest absolute Gasteiger partial charge is 0.379 e. The number of benzene rings is 2. The molecule has 1 fully saturated rings. The molecule has 0 aliphatic carbocycles. The highest BCUT2D eigenvalue weighted by atomic mass is 16.6. The van der Waals surface area contributed by atoms with Crippen LogP contribution in [0.2, 0.25) is 0 Å². The quantitative estimate of drug-likeness (QED) is 0.602. The number of amides is 2. The lowest BCUT2D eigenvalue weighted by Crippen LogP contribution is -2.44. The average Bonchev–Trinajstić information content (AvgIpc) is 2.69. The Labute approximate surface area is 157 Å². The SMILES string of the molecule is O=C(Nc1ccc([N+](=O)[O-])cc1)N[C@@H](CN1CCOCC1)c1ccccc1. The summed E-state index contributed by atoms with van der Waals surface area (Å²) in [5.41, 5.74) is 1.49. The second kappa shape index (κ2) is 9.11. The number of non-ortho nitro benzene ring substituents is 1. The van der Waals surface area contributed by atoms with Crippen molar-refractivity contribution in [2.24, 2.45) is 0 Å². The van der Waals surface area contributed by atoms with Gasteiger partial charge < -0.3 is 15.4 Å². The van der Waals surface area contributed by atoms with Gasteiger partial charge in [0.15, 0.2) is 0 Å². The second-order valence-electron chi connectivity index (χ2n) is 6.28. The molecule has 1 heterocycles. The molecule has 0 bridgehead atoms. The van der Waals surface area contributed by atoms with Gasteiger partial charge in [0.05, 0.1) is 24.2 Å². The minimum atomic E-state index is -0.475. The number of carbonyl (C=O) groups excluding carboxylic acids is 1. The summed E-state index contributed by atoms with van der Waals surface area (Å²) >= 11 is 0. The van der Waals surface area contributed by atoms with Gasteiger partial charge in [-0.15, -0.1) is 0 Å². The van der Waals surface area contributed by atoms with Gasteiger partial charge in [-0.2, -0.15) is 0 Å². The molecule has 0 saturated carbocycles. The molecule has 142 valence electrons. The van der Waals surface area contributed by atoms with Crippen LogP contribution in [0.3, 0.4) is 0 Å². The van der Waals surface area contributed by atoms with Gasteiger partial charge in [0.2, 0.25) is 0 Å². The molecule has 27 heavy (non-hydrogen) atoms. The normalized spacial score (nSPS) is 15.7. The van der Waals surface area contributed by atoms with Crippen molar-refractivity contribution in [2.45, 2.75) is 6.04 Å². The van der Waals surface area contributed by atoms with Crippen molar-refractivity contribution >= 4 is 17.4 Å². The number of nitrogens with one attached hydrogen (secondary N) is 2. The fourth-order valence-electron chi connectivity index (χ4n) is 2.95. The predicted octanol–water partition coefficient (Wildman–Crippen LogP) is 2.79. The summed E-state index contributed by atoms with van der Waals surface area (Å²) in [6.07, 6.45) is 0. The Balaban J connectivity index is 1.65. The van der Waals surface area contributed by atoms with Crippen LogP contribution in [0.5, 0.6) is 0 Å². The number of hydrogen-bond donors (Lipinski definition) is 2. The third-order valence-electron chi connectivity index (χ3n) is 4.39. The van der Waals surface area contributed by atoms with E-state index in [1.54, 1.807) is 0 Å². The zero-order valence-electron chi connectivity index (χ0n) is 14.8. The number of nitro benzene ring substituents is 1. The number of rotatable bonds is 6. The van der Waals surface area contributed by atoms with Gasteiger partial charge in [-0.1, -0.05) is 30.3 Å². The number of nitro groups is 1. The first-order chi connectivity index (χ1) is 13.1. The standard InChI is InChI=1S/C19H22N4O4/c24-19(20-16-6-8-17(9-7-16)23(25)26)21-18(15-4-2-1-3-5-15)14-22-10-12-27-13-11-22/h1-9,18H,10-14H2,(H2,20,21,24)/t18-/m0/s1. The van der Waals surface area contributed by atoms with E-state index in [2.05, 4.69) is 15.5 Å². The highest BCUT2D eigenvalue weighted by Gasteiger charge is 2.20. The Morgan fingerprint density at radius 3 is 2.41 bits per heavy atom. The van der Waals surface area contributed by atoms with Crippen LogP contribution >= 0.6 is 0 Å². The summed E-state index contributed by atoms with van der Waals surface area (Å²) in [6, 6.07) is 15.0. The molecule has 2 aromatic carbocycles. The van der Waals surface area contributed by atoms with Gasteiger partial charge in [-0.25, -0.2) is 4.79 Å². The highest BCUT2D eigenvalue weighted by molar-refractivity contribution is 5.89. The van der Waals surface area contributed by atoms with Gasteiger partial charge in [-0.05, 0) is 17.7 Å². The Kier molecular flexibility index (Phi) is 6.35. The van der Waals surface area contributed by atoms with E-state index in [4.69, 9.17) is 4.74 Å². The van der Waals surface area contributed by atoms with Crippen LogP contribution in [-0.2, 0) is 4.74 Å². The molecule has 2 amide bonds. The summed E-state index contributed by atoms with van der Waals surface area (Å²) in [4.78, 5) is 25.0. The molecule has 1 atom stereocenters. The van der Waals surface area contributed by atoms with Crippen LogP contribution in [0.4, 0.5) is 16.2 Å². The van der Waals surface area contributed by atoms with Crippen LogP contribution in [-0.4, -0.2) is 48.7 Å². The summed E-state index contributed by atoms with van der Waals surface area (Å²) < 4.78 is 5.38. The lowest BCUT2D eigenvalue weighted by Gasteiger charge is -2.31. The monoisotopic (exact) mass is 370 g/mol. The zero-order chi connectivity index (χ0) is 19.1. The van der Waals surface area contributed by atoms with Crippen LogP contribution in [0.1, 0.15) is 11.6 Å². The minimum Gasteiger partial charge on any atom is -0.379 e. The molecular weight excluding hydrogens is 348 g/mol. The average molecular weight is 370 g/mol. The Morgan fingerprint density at radius 2 is 1.78 bits per heavy atom. The van der Waals surface area contributed by atoms with Crippen molar-refractivity contribution in [3.05, 3.63) is 70.3 Å². The first-order valence-corrected chi connectivity index (χ1v) is 8.79. The maximum absolute atomic E-state index is 12.5. The zero-order valence-corrected chi connectivity index (χ0v) is 14.8. The molecule has 0 unspecified atom stereocenters. The molecule has 2 aromatic rings. The molecule has 8 heteroatoms. The van der Waals surface area contributed by atoms with E-state index >= 15 is 0 Å². The van der Waals surface area contributed by atoms with Crippen molar-refractivity contribution in [2.75, 3.05) is 38.2 Å². The van der Waals surface area contributed by atoms with E-state index in [0.717, 1.165) is 18.7 Å². The summed E-state index contributed by atoms with van der Waals surface area (Å²) in [5.74, 6) is 0. The van der Waals surface area contributed by atoms with Gasteiger partial charge in [0.1, 0.15) is 0 Å². The van der Waals surface area contributed by atoms with Gasteiger partial charge in [0.25, 0.3) is 5.69 Å². The van der Waals surface area contributed by atoms with Gasteiger partial charge in [0, 0.05) is 37.5 Å². The molecule has 3 rings (SSSR count). The van der Waals surface area contributed by atoms with Crippen molar-refractivity contribution in [1.29, 1.82) is 0 Å². The molecule has 1 saturated heterocycles. The maximum atomic E-state index is 12.5. The summed E-state index contributed by atoms with van der Waals surface area (Å²) in [5, 5.41) is 16.4. The van der Waals surface area contributed by atoms with Gasteiger partial charge in [-0.3, -0.25) is 15.0 Å². The maximum Gasteiger partial charge on any atom is 0.319 e. The lowest BCUT2D eigenvalue weighted by atomic mass is 10.1. The topological polar surface area (TPSA) is 96.7 Å². The van der Waals surface area contributed by atoms with Crippen LogP contribution in [0.25, 0.3) is 0 Å². The smallest absolute Gasteiger partial charge is 0.319 e. The number of anilines is 1. The molecule has 0 radical (unpaired) electrons.